The van der Waals surface area contributed by atoms with Crippen LogP contribution in [0.2, 0.25) is 5.02 Å². The highest BCUT2D eigenvalue weighted by molar-refractivity contribution is 7.89. The lowest BCUT2D eigenvalue weighted by Gasteiger charge is -2.09. The van der Waals surface area contributed by atoms with Gasteiger partial charge in [-0.3, -0.25) is 5.10 Å². The summed E-state index contributed by atoms with van der Waals surface area (Å²) in [6.45, 7) is 3.90. The summed E-state index contributed by atoms with van der Waals surface area (Å²) in [5.74, 6) is 1.21. The lowest BCUT2D eigenvalue weighted by atomic mass is 10.1. The number of nitrogens with one attached hydrogen (secondary N) is 2. The average molecular weight is 391 g/mol. The van der Waals surface area contributed by atoms with Gasteiger partial charge < -0.3 is 0 Å². The summed E-state index contributed by atoms with van der Waals surface area (Å²) in [5.41, 5.74) is 2.60. The van der Waals surface area contributed by atoms with Crippen molar-refractivity contribution >= 4 is 21.6 Å². The monoisotopic (exact) mass is 390 g/mol. The third-order valence-electron chi connectivity index (χ3n) is 4.00. The fraction of sp³-hybridized carbons (Fsp3) is 0.222. The van der Waals surface area contributed by atoms with Gasteiger partial charge in [0.25, 0.3) is 0 Å². The number of aromatic amines is 1. The van der Waals surface area contributed by atoms with E-state index in [1.54, 1.807) is 19.1 Å². The van der Waals surface area contributed by atoms with E-state index in [-0.39, 0.29) is 11.4 Å². The maximum absolute atomic E-state index is 12.4. The molecule has 0 bridgehead atoms. The molecule has 1 aromatic heterocycles. The van der Waals surface area contributed by atoms with Gasteiger partial charge in [-0.1, -0.05) is 47.5 Å². The van der Waals surface area contributed by atoms with Crippen LogP contribution >= 0.6 is 11.6 Å². The molecule has 0 amide bonds. The molecule has 6 nitrogen and oxygen atoms in total. The van der Waals surface area contributed by atoms with Crippen molar-refractivity contribution in [1.29, 1.82) is 0 Å². The van der Waals surface area contributed by atoms with Crippen molar-refractivity contribution in [1.82, 2.24) is 19.9 Å². The highest BCUT2D eigenvalue weighted by Gasteiger charge is 2.17. The zero-order valence-corrected chi connectivity index (χ0v) is 16.0. The maximum Gasteiger partial charge on any atom is 0.240 e. The van der Waals surface area contributed by atoms with E-state index in [0.717, 1.165) is 11.1 Å². The van der Waals surface area contributed by atoms with Gasteiger partial charge in [-0.15, -0.1) is 0 Å². The Morgan fingerprint density at radius 3 is 2.58 bits per heavy atom. The predicted octanol–water partition coefficient (Wildman–Crippen LogP) is 3.26. The van der Waals surface area contributed by atoms with Crippen LogP contribution in [-0.2, 0) is 16.4 Å². The van der Waals surface area contributed by atoms with E-state index in [1.165, 1.54) is 6.07 Å². The minimum Gasteiger partial charge on any atom is -0.263 e. The van der Waals surface area contributed by atoms with Crippen molar-refractivity contribution in [3.63, 3.8) is 0 Å². The van der Waals surface area contributed by atoms with Crippen LogP contribution in [0.1, 0.15) is 17.0 Å². The summed E-state index contributed by atoms with van der Waals surface area (Å²) in [7, 11) is -3.63. The SMILES string of the molecule is Cc1ccc(-c2n[nH]c(CCNS(=O)(=O)c3cccc(Cl)c3C)n2)cc1. The number of hydrogen-bond acceptors (Lipinski definition) is 4. The molecule has 26 heavy (non-hydrogen) atoms. The van der Waals surface area contributed by atoms with Crippen LogP contribution in [0.3, 0.4) is 0 Å². The fourth-order valence-electron chi connectivity index (χ4n) is 2.50. The van der Waals surface area contributed by atoms with Gasteiger partial charge >= 0.3 is 0 Å². The molecule has 136 valence electrons. The number of hydrogen-bond donors (Lipinski definition) is 2. The number of halogens is 1. The number of aromatic nitrogens is 3. The Kier molecular flexibility index (Phi) is 5.41. The topological polar surface area (TPSA) is 87.7 Å². The molecule has 0 aliphatic rings. The van der Waals surface area contributed by atoms with Crippen LogP contribution in [0.5, 0.6) is 0 Å². The Balaban J connectivity index is 1.65. The molecule has 0 aliphatic carbocycles. The molecule has 3 rings (SSSR count). The summed E-state index contributed by atoms with van der Waals surface area (Å²) >= 11 is 6.01. The fourth-order valence-corrected chi connectivity index (χ4v) is 4.03. The molecule has 0 fully saturated rings. The lowest BCUT2D eigenvalue weighted by Crippen LogP contribution is -2.27. The molecular weight excluding hydrogens is 372 g/mol. The number of benzene rings is 2. The molecule has 0 saturated heterocycles. The standard InChI is InChI=1S/C18H19ClN4O2S/c1-12-6-8-14(9-7-12)18-21-17(22-23-18)10-11-20-26(24,25)16-5-3-4-15(19)13(16)2/h3-9,20H,10-11H2,1-2H3,(H,21,22,23). The summed E-state index contributed by atoms with van der Waals surface area (Å²) in [5, 5.41) is 7.45. The Morgan fingerprint density at radius 2 is 1.85 bits per heavy atom. The third-order valence-corrected chi connectivity index (χ3v) is 6.02. The van der Waals surface area contributed by atoms with Crippen molar-refractivity contribution < 1.29 is 8.42 Å². The van der Waals surface area contributed by atoms with E-state index in [9.17, 15) is 8.42 Å². The van der Waals surface area contributed by atoms with Gasteiger partial charge in [0, 0.05) is 23.6 Å². The van der Waals surface area contributed by atoms with Gasteiger partial charge in [0.2, 0.25) is 10.0 Å². The summed E-state index contributed by atoms with van der Waals surface area (Å²) in [4.78, 5) is 4.59. The van der Waals surface area contributed by atoms with Crippen molar-refractivity contribution in [2.24, 2.45) is 0 Å². The van der Waals surface area contributed by atoms with Gasteiger partial charge in [0.05, 0.1) is 4.90 Å². The second kappa shape index (κ2) is 7.57. The molecule has 2 N–H and O–H groups in total. The number of H-pyrrole nitrogens is 1. The molecule has 2 aromatic carbocycles. The van der Waals surface area contributed by atoms with Crippen LogP contribution < -0.4 is 4.72 Å². The quantitative estimate of drug-likeness (QED) is 0.676. The maximum atomic E-state index is 12.4. The zero-order valence-electron chi connectivity index (χ0n) is 14.5. The van der Waals surface area contributed by atoms with Crippen molar-refractivity contribution in [2.75, 3.05) is 6.54 Å². The highest BCUT2D eigenvalue weighted by atomic mass is 35.5. The van der Waals surface area contributed by atoms with Crippen LogP contribution in [0.4, 0.5) is 0 Å². The molecule has 0 unspecified atom stereocenters. The number of aryl methyl sites for hydroxylation is 1. The Labute approximate surface area is 157 Å². The number of sulfonamides is 1. The van der Waals surface area contributed by atoms with Gasteiger partial charge in [0.15, 0.2) is 5.82 Å². The van der Waals surface area contributed by atoms with Gasteiger partial charge in [0.1, 0.15) is 5.82 Å². The van der Waals surface area contributed by atoms with Gasteiger partial charge in [-0.25, -0.2) is 18.1 Å². The molecule has 0 atom stereocenters. The second-order valence-electron chi connectivity index (χ2n) is 5.98. The van der Waals surface area contributed by atoms with E-state index < -0.39 is 10.0 Å². The van der Waals surface area contributed by atoms with E-state index in [0.29, 0.717) is 28.7 Å². The molecule has 1 heterocycles. The molecule has 3 aromatic rings. The van der Waals surface area contributed by atoms with Crippen LogP contribution in [-0.4, -0.2) is 30.1 Å². The first-order valence-electron chi connectivity index (χ1n) is 8.10. The van der Waals surface area contributed by atoms with Crippen LogP contribution in [0, 0.1) is 13.8 Å². The minimum atomic E-state index is -3.63. The summed E-state index contributed by atoms with van der Waals surface area (Å²) in [6.07, 6.45) is 0.401. The third kappa shape index (κ3) is 4.12. The van der Waals surface area contributed by atoms with Crippen molar-refractivity contribution in [2.45, 2.75) is 25.2 Å². The van der Waals surface area contributed by atoms with Crippen molar-refractivity contribution in [3.8, 4) is 11.4 Å². The molecular formula is C18H19ClN4O2S. The van der Waals surface area contributed by atoms with Crippen LogP contribution in [0.25, 0.3) is 11.4 Å². The molecule has 8 heteroatoms. The number of nitrogens with zero attached hydrogens (tertiary/aromatic N) is 2. The normalized spacial score (nSPS) is 11.7. The molecule has 0 spiro atoms. The van der Waals surface area contributed by atoms with E-state index in [1.807, 2.05) is 31.2 Å². The van der Waals surface area contributed by atoms with E-state index in [2.05, 4.69) is 19.9 Å². The second-order valence-corrected chi connectivity index (χ2v) is 8.13. The highest BCUT2D eigenvalue weighted by Crippen LogP contribution is 2.22. The van der Waals surface area contributed by atoms with Gasteiger partial charge in [-0.05, 0) is 31.5 Å². The smallest absolute Gasteiger partial charge is 0.240 e. The first kappa shape index (κ1) is 18.6. The van der Waals surface area contributed by atoms with Gasteiger partial charge in [-0.2, -0.15) is 5.10 Å². The first-order chi connectivity index (χ1) is 12.4. The van der Waals surface area contributed by atoms with Crippen molar-refractivity contribution in [3.05, 3.63) is 64.4 Å². The van der Waals surface area contributed by atoms with Crippen LogP contribution in [0.15, 0.2) is 47.4 Å². The Hall–Kier alpha value is -2.22. The molecule has 0 saturated carbocycles. The molecule has 0 radical (unpaired) electrons. The minimum absolute atomic E-state index is 0.183. The lowest BCUT2D eigenvalue weighted by molar-refractivity contribution is 0.580. The summed E-state index contributed by atoms with van der Waals surface area (Å²) in [6, 6.07) is 12.7. The molecule has 0 aliphatic heterocycles. The van der Waals surface area contributed by atoms with E-state index >= 15 is 0 Å². The Bertz CT molecular complexity index is 1010. The largest absolute Gasteiger partial charge is 0.263 e. The predicted molar refractivity (Wildman–Crippen MR) is 102 cm³/mol. The average Bonchev–Trinajstić information content (AvgIpc) is 3.06. The Morgan fingerprint density at radius 1 is 1.12 bits per heavy atom. The zero-order chi connectivity index (χ0) is 18.7. The summed E-state index contributed by atoms with van der Waals surface area (Å²) < 4.78 is 27.5. The van der Waals surface area contributed by atoms with E-state index in [4.69, 9.17) is 11.6 Å². The first-order valence-corrected chi connectivity index (χ1v) is 9.96. The number of rotatable bonds is 6.